The molecule has 3 rings (SSSR count). The van der Waals surface area contributed by atoms with E-state index in [0.29, 0.717) is 45.6 Å². The fourth-order valence-electron chi connectivity index (χ4n) is 3.36. The standard InChI is InChI=1S/C18H25N3O5/c19-15(12-22)16(23)20-8-6-18(7-9-20)13-21(17(24)26-18)10-11-25-14-4-2-1-3-5-14/h1-5,15,22H,6-13,19H2. The Bertz CT molecular complexity index is 631. The number of amides is 2. The second kappa shape index (κ2) is 7.92. The molecule has 2 heterocycles. The minimum Gasteiger partial charge on any atom is -0.492 e. The molecule has 8 heteroatoms. The molecule has 0 radical (unpaired) electrons. The molecule has 2 amide bonds. The van der Waals surface area contributed by atoms with E-state index in [9.17, 15) is 9.59 Å². The van der Waals surface area contributed by atoms with E-state index in [4.69, 9.17) is 20.3 Å². The third-order valence-electron chi connectivity index (χ3n) is 4.91. The number of ether oxygens (including phenoxy) is 2. The van der Waals surface area contributed by atoms with Crippen LogP contribution in [0.1, 0.15) is 12.8 Å². The van der Waals surface area contributed by atoms with Gasteiger partial charge in [0.25, 0.3) is 0 Å². The molecular formula is C18H25N3O5. The predicted molar refractivity (Wildman–Crippen MR) is 93.6 cm³/mol. The molecule has 0 aliphatic carbocycles. The molecule has 142 valence electrons. The third kappa shape index (κ3) is 4.08. The van der Waals surface area contributed by atoms with Gasteiger partial charge in [-0.25, -0.2) is 4.79 Å². The average molecular weight is 363 g/mol. The van der Waals surface area contributed by atoms with Gasteiger partial charge in [-0.15, -0.1) is 0 Å². The molecule has 8 nitrogen and oxygen atoms in total. The number of hydrogen-bond acceptors (Lipinski definition) is 6. The summed E-state index contributed by atoms with van der Waals surface area (Å²) in [7, 11) is 0. The van der Waals surface area contributed by atoms with Crippen molar-refractivity contribution < 1.29 is 24.2 Å². The highest BCUT2D eigenvalue weighted by Crippen LogP contribution is 2.33. The molecule has 26 heavy (non-hydrogen) atoms. The first-order valence-corrected chi connectivity index (χ1v) is 8.84. The van der Waals surface area contributed by atoms with Gasteiger partial charge in [0.15, 0.2) is 0 Å². The maximum atomic E-state index is 12.2. The fourth-order valence-corrected chi connectivity index (χ4v) is 3.36. The number of benzene rings is 1. The molecule has 1 unspecified atom stereocenters. The molecule has 0 bridgehead atoms. The van der Waals surface area contributed by atoms with Crippen LogP contribution >= 0.6 is 0 Å². The Hall–Kier alpha value is -2.32. The highest BCUT2D eigenvalue weighted by atomic mass is 16.6. The second-order valence-electron chi connectivity index (χ2n) is 6.75. The molecular weight excluding hydrogens is 338 g/mol. The zero-order chi connectivity index (χ0) is 18.6. The lowest BCUT2D eigenvalue weighted by molar-refractivity contribution is -0.136. The van der Waals surface area contributed by atoms with E-state index >= 15 is 0 Å². The summed E-state index contributed by atoms with van der Waals surface area (Å²) in [6.07, 6.45) is 0.797. The molecule has 2 aliphatic rings. The molecule has 2 aliphatic heterocycles. The number of aliphatic hydroxyl groups excluding tert-OH is 1. The van der Waals surface area contributed by atoms with Crippen LogP contribution in [0.4, 0.5) is 4.79 Å². The Kier molecular flexibility index (Phi) is 5.63. The van der Waals surface area contributed by atoms with E-state index in [1.807, 2.05) is 30.3 Å². The largest absolute Gasteiger partial charge is 0.492 e. The highest BCUT2D eigenvalue weighted by Gasteiger charge is 2.47. The molecule has 2 fully saturated rings. The fraction of sp³-hybridized carbons (Fsp3) is 0.556. The van der Waals surface area contributed by atoms with Crippen LogP contribution in [0.5, 0.6) is 5.75 Å². The highest BCUT2D eigenvalue weighted by molar-refractivity contribution is 5.82. The van der Waals surface area contributed by atoms with Crippen LogP contribution in [0.2, 0.25) is 0 Å². The molecule has 1 aromatic carbocycles. The van der Waals surface area contributed by atoms with Gasteiger partial charge in [-0.1, -0.05) is 18.2 Å². The molecule has 1 aromatic rings. The first-order valence-electron chi connectivity index (χ1n) is 8.84. The lowest BCUT2D eigenvalue weighted by atomic mass is 9.91. The van der Waals surface area contributed by atoms with Crippen LogP contribution in [-0.2, 0) is 9.53 Å². The molecule has 0 saturated carbocycles. The number of carbonyl (C=O) groups excluding carboxylic acids is 2. The van der Waals surface area contributed by atoms with E-state index in [0.717, 1.165) is 5.75 Å². The minimum atomic E-state index is -0.887. The average Bonchev–Trinajstić information content (AvgIpc) is 2.97. The van der Waals surface area contributed by atoms with E-state index in [1.165, 1.54) is 0 Å². The van der Waals surface area contributed by atoms with Crippen molar-refractivity contribution in [1.82, 2.24) is 9.80 Å². The summed E-state index contributed by atoms with van der Waals surface area (Å²) in [4.78, 5) is 27.5. The van der Waals surface area contributed by atoms with Gasteiger partial charge in [-0.2, -0.15) is 0 Å². The van der Waals surface area contributed by atoms with Gasteiger partial charge in [0.05, 0.1) is 19.7 Å². The molecule has 0 aromatic heterocycles. The Morgan fingerprint density at radius 2 is 2.00 bits per heavy atom. The summed E-state index contributed by atoms with van der Waals surface area (Å²) in [5.74, 6) is 0.501. The number of nitrogens with two attached hydrogens (primary N) is 1. The second-order valence-corrected chi connectivity index (χ2v) is 6.75. The van der Waals surface area contributed by atoms with Gasteiger partial charge in [0, 0.05) is 25.9 Å². The normalized spacial score (nSPS) is 20.2. The Balaban J connectivity index is 1.48. The van der Waals surface area contributed by atoms with Crippen molar-refractivity contribution in [3.8, 4) is 5.75 Å². The van der Waals surface area contributed by atoms with Crippen molar-refractivity contribution in [2.75, 3.05) is 39.4 Å². The SMILES string of the molecule is NC(CO)C(=O)N1CCC2(CC1)CN(CCOc1ccccc1)C(=O)O2. The van der Waals surface area contributed by atoms with Gasteiger partial charge in [-0.05, 0) is 12.1 Å². The number of likely N-dealkylation sites (tertiary alicyclic amines) is 1. The predicted octanol–water partition coefficient (Wildman–Crippen LogP) is 0.198. The van der Waals surface area contributed by atoms with Crippen molar-refractivity contribution in [1.29, 1.82) is 0 Å². The zero-order valence-corrected chi connectivity index (χ0v) is 14.7. The van der Waals surface area contributed by atoms with E-state index in [2.05, 4.69) is 0 Å². The van der Waals surface area contributed by atoms with Gasteiger partial charge in [0.2, 0.25) is 5.91 Å². The lowest BCUT2D eigenvalue weighted by Gasteiger charge is -2.38. The number of carbonyl (C=O) groups is 2. The smallest absolute Gasteiger partial charge is 0.410 e. The van der Waals surface area contributed by atoms with Crippen molar-refractivity contribution in [2.45, 2.75) is 24.5 Å². The summed E-state index contributed by atoms with van der Waals surface area (Å²) >= 11 is 0. The van der Waals surface area contributed by atoms with Crippen LogP contribution < -0.4 is 10.5 Å². The zero-order valence-electron chi connectivity index (χ0n) is 14.7. The number of aliphatic hydroxyl groups is 1. The Morgan fingerprint density at radius 3 is 2.65 bits per heavy atom. The van der Waals surface area contributed by atoms with Gasteiger partial charge < -0.3 is 30.1 Å². The third-order valence-corrected chi connectivity index (χ3v) is 4.91. The first kappa shape index (κ1) is 18.5. The first-order chi connectivity index (χ1) is 12.5. The number of piperidine rings is 1. The van der Waals surface area contributed by atoms with Crippen molar-refractivity contribution in [3.05, 3.63) is 30.3 Å². The summed E-state index contributed by atoms with van der Waals surface area (Å²) in [6.45, 7) is 1.91. The minimum absolute atomic E-state index is 0.264. The van der Waals surface area contributed by atoms with Crippen LogP contribution in [0.25, 0.3) is 0 Å². The van der Waals surface area contributed by atoms with Gasteiger partial charge in [-0.3, -0.25) is 4.79 Å². The molecule has 1 spiro atoms. The molecule has 1 atom stereocenters. The van der Waals surface area contributed by atoms with Crippen molar-refractivity contribution in [3.63, 3.8) is 0 Å². The topological polar surface area (TPSA) is 105 Å². The number of rotatable bonds is 6. The maximum Gasteiger partial charge on any atom is 0.410 e. The lowest BCUT2D eigenvalue weighted by Crippen LogP contribution is -2.53. The molecule has 2 saturated heterocycles. The van der Waals surface area contributed by atoms with Gasteiger partial charge >= 0.3 is 6.09 Å². The Morgan fingerprint density at radius 1 is 1.31 bits per heavy atom. The number of hydrogen-bond donors (Lipinski definition) is 2. The van der Waals surface area contributed by atoms with Crippen LogP contribution in [0.3, 0.4) is 0 Å². The van der Waals surface area contributed by atoms with Crippen molar-refractivity contribution in [2.24, 2.45) is 5.73 Å². The number of nitrogens with zero attached hydrogens (tertiary/aromatic N) is 2. The van der Waals surface area contributed by atoms with E-state index in [-0.39, 0.29) is 18.6 Å². The van der Waals surface area contributed by atoms with Gasteiger partial charge in [0.1, 0.15) is 24.0 Å². The summed E-state index contributed by atoms with van der Waals surface area (Å²) in [5, 5.41) is 9.01. The monoisotopic (exact) mass is 363 g/mol. The quantitative estimate of drug-likeness (QED) is 0.748. The summed E-state index contributed by atoms with van der Waals surface area (Å²) in [5.41, 5.74) is 5.04. The van der Waals surface area contributed by atoms with Crippen LogP contribution in [0.15, 0.2) is 30.3 Å². The summed E-state index contributed by atoms with van der Waals surface area (Å²) in [6, 6.07) is 8.56. The number of para-hydroxylation sites is 1. The van der Waals surface area contributed by atoms with Crippen molar-refractivity contribution >= 4 is 12.0 Å². The summed E-state index contributed by atoms with van der Waals surface area (Å²) < 4.78 is 11.3. The van der Waals surface area contributed by atoms with E-state index in [1.54, 1.807) is 9.80 Å². The van der Waals surface area contributed by atoms with Crippen LogP contribution in [-0.4, -0.2) is 77.9 Å². The van der Waals surface area contributed by atoms with Crippen LogP contribution in [0, 0.1) is 0 Å². The maximum absolute atomic E-state index is 12.2. The van der Waals surface area contributed by atoms with E-state index < -0.39 is 11.6 Å². The molecule has 3 N–H and O–H groups in total. The Labute approximate surface area is 152 Å².